The number of anilines is 1. The lowest BCUT2D eigenvalue weighted by Crippen LogP contribution is -2.35. The quantitative estimate of drug-likeness (QED) is 0.884. The third-order valence-electron chi connectivity index (χ3n) is 3.20. The van der Waals surface area contributed by atoms with Crippen molar-refractivity contribution in [3.63, 3.8) is 0 Å². The molecule has 8 nitrogen and oxygen atoms in total. The lowest BCUT2D eigenvalue weighted by molar-refractivity contribution is -0.146. The Hall–Kier alpha value is -2.64. The predicted molar refractivity (Wildman–Crippen MR) is 73.1 cm³/mol. The van der Waals surface area contributed by atoms with Gasteiger partial charge in [0.05, 0.1) is 17.6 Å². The van der Waals surface area contributed by atoms with Crippen LogP contribution in [0.5, 0.6) is 0 Å². The van der Waals surface area contributed by atoms with E-state index in [1.165, 1.54) is 30.9 Å². The maximum Gasteiger partial charge on any atom is 0.331 e. The fraction of sp³-hybridized carbons (Fsp3) is 0.385. The van der Waals surface area contributed by atoms with Gasteiger partial charge in [-0.1, -0.05) is 5.16 Å². The van der Waals surface area contributed by atoms with Gasteiger partial charge in [-0.3, -0.25) is 9.48 Å². The van der Waals surface area contributed by atoms with Crippen molar-refractivity contribution < 1.29 is 19.2 Å². The van der Waals surface area contributed by atoms with Crippen molar-refractivity contribution in [2.45, 2.75) is 33.2 Å². The zero-order valence-electron chi connectivity index (χ0n) is 12.2. The number of carboxylic acid groups (broad SMARTS) is 1. The molecule has 0 unspecified atom stereocenters. The molecule has 0 radical (unpaired) electrons. The Morgan fingerprint density at radius 2 is 2.05 bits per heavy atom. The highest BCUT2D eigenvalue weighted by Gasteiger charge is 2.30. The predicted octanol–water partition coefficient (Wildman–Crippen LogP) is 1.56. The molecule has 2 aromatic heterocycles. The fourth-order valence-corrected chi connectivity index (χ4v) is 1.79. The molecule has 2 N–H and O–H groups in total. The number of carbonyl (C=O) groups is 2. The summed E-state index contributed by atoms with van der Waals surface area (Å²) in [6.45, 7) is 6.35. The zero-order chi connectivity index (χ0) is 15.8. The van der Waals surface area contributed by atoms with Crippen LogP contribution in [-0.4, -0.2) is 31.9 Å². The summed E-state index contributed by atoms with van der Waals surface area (Å²) < 4.78 is 6.21. The van der Waals surface area contributed by atoms with Gasteiger partial charge in [-0.05, 0) is 27.7 Å². The fourth-order valence-electron chi connectivity index (χ4n) is 1.79. The normalized spacial score (nSPS) is 11.4. The lowest BCUT2D eigenvalue weighted by Gasteiger charge is -2.19. The van der Waals surface area contributed by atoms with Gasteiger partial charge in [-0.2, -0.15) is 5.10 Å². The van der Waals surface area contributed by atoms with E-state index in [9.17, 15) is 9.59 Å². The SMILES string of the molecule is Cc1noc(C)c1C(=O)Nc1cnn(C(C)(C)C(=O)O)c1. The number of hydrogen-bond donors (Lipinski definition) is 2. The highest BCUT2D eigenvalue weighted by atomic mass is 16.5. The largest absolute Gasteiger partial charge is 0.479 e. The summed E-state index contributed by atoms with van der Waals surface area (Å²) >= 11 is 0. The zero-order valence-corrected chi connectivity index (χ0v) is 12.2. The average molecular weight is 292 g/mol. The molecular formula is C13H16N4O4. The lowest BCUT2D eigenvalue weighted by atomic mass is 10.1. The van der Waals surface area contributed by atoms with Gasteiger partial charge in [0.25, 0.3) is 5.91 Å². The smallest absolute Gasteiger partial charge is 0.331 e. The van der Waals surface area contributed by atoms with E-state index in [1.54, 1.807) is 13.8 Å². The van der Waals surface area contributed by atoms with Crippen molar-refractivity contribution in [1.29, 1.82) is 0 Å². The third kappa shape index (κ3) is 2.64. The molecule has 0 aliphatic rings. The third-order valence-corrected chi connectivity index (χ3v) is 3.20. The molecule has 2 aromatic rings. The second-order valence-corrected chi connectivity index (χ2v) is 5.19. The van der Waals surface area contributed by atoms with E-state index in [1.807, 2.05) is 0 Å². The second-order valence-electron chi connectivity index (χ2n) is 5.19. The number of carboxylic acids is 1. The first kappa shape index (κ1) is 14.8. The highest BCUT2D eigenvalue weighted by molar-refractivity contribution is 6.05. The Morgan fingerprint density at radius 3 is 2.57 bits per heavy atom. The molecule has 112 valence electrons. The van der Waals surface area contributed by atoms with Crippen LogP contribution in [0.3, 0.4) is 0 Å². The molecule has 1 amide bonds. The molecule has 0 spiro atoms. The van der Waals surface area contributed by atoms with Gasteiger partial charge < -0.3 is 14.9 Å². The standard InChI is InChI=1S/C13H16N4O4/c1-7-10(8(2)21-16-7)11(18)15-9-5-14-17(6-9)13(3,4)12(19)20/h5-6H,1-4H3,(H,15,18)(H,19,20). The number of nitrogens with one attached hydrogen (secondary N) is 1. The number of amides is 1. The summed E-state index contributed by atoms with van der Waals surface area (Å²) in [4.78, 5) is 23.3. The molecular weight excluding hydrogens is 276 g/mol. The number of aliphatic carboxylic acids is 1. The van der Waals surface area contributed by atoms with E-state index in [4.69, 9.17) is 9.63 Å². The minimum absolute atomic E-state index is 0.361. The summed E-state index contributed by atoms with van der Waals surface area (Å²) in [5.41, 5.74) is 0.0456. The Labute approximate surface area is 120 Å². The second kappa shape index (κ2) is 5.04. The van der Waals surface area contributed by atoms with Crippen LogP contribution in [0.25, 0.3) is 0 Å². The molecule has 2 rings (SSSR count). The van der Waals surface area contributed by atoms with E-state index in [-0.39, 0.29) is 5.91 Å². The Kier molecular flexibility index (Phi) is 3.54. The van der Waals surface area contributed by atoms with Gasteiger partial charge in [-0.15, -0.1) is 0 Å². The number of carbonyl (C=O) groups excluding carboxylic acids is 1. The number of nitrogens with zero attached hydrogens (tertiary/aromatic N) is 3. The van der Waals surface area contributed by atoms with Gasteiger partial charge in [0.2, 0.25) is 0 Å². The van der Waals surface area contributed by atoms with Crippen molar-refractivity contribution in [1.82, 2.24) is 14.9 Å². The van der Waals surface area contributed by atoms with Crippen LogP contribution in [0.1, 0.15) is 35.7 Å². The first-order chi connectivity index (χ1) is 9.73. The van der Waals surface area contributed by atoms with Crippen LogP contribution >= 0.6 is 0 Å². The summed E-state index contributed by atoms with van der Waals surface area (Å²) in [6, 6.07) is 0. The van der Waals surface area contributed by atoms with Crippen molar-refractivity contribution in [2.75, 3.05) is 5.32 Å². The van der Waals surface area contributed by atoms with Gasteiger partial charge >= 0.3 is 5.97 Å². The summed E-state index contributed by atoms with van der Waals surface area (Å²) in [7, 11) is 0. The molecule has 21 heavy (non-hydrogen) atoms. The van der Waals surface area contributed by atoms with E-state index >= 15 is 0 Å². The van der Waals surface area contributed by atoms with E-state index in [0.717, 1.165) is 0 Å². The molecule has 0 atom stereocenters. The maximum atomic E-state index is 12.1. The van der Waals surface area contributed by atoms with Crippen LogP contribution in [0.4, 0.5) is 5.69 Å². The average Bonchev–Trinajstić information content (AvgIpc) is 2.97. The number of aromatic nitrogens is 3. The molecule has 0 aliphatic carbocycles. The van der Waals surface area contributed by atoms with Gasteiger partial charge in [0.1, 0.15) is 11.3 Å². The first-order valence-corrected chi connectivity index (χ1v) is 6.26. The van der Waals surface area contributed by atoms with Crippen LogP contribution < -0.4 is 5.32 Å². The maximum absolute atomic E-state index is 12.1. The van der Waals surface area contributed by atoms with Crippen molar-refractivity contribution in [3.05, 3.63) is 29.4 Å². The summed E-state index contributed by atoms with van der Waals surface area (Å²) in [6.07, 6.45) is 2.85. The molecule has 0 bridgehead atoms. The molecule has 2 heterocycles. The van der Waals surface area contributed by atoms with Crippen molar-refractivity contribution in [3.8, 4) is 0 Å². The van der Waals surface area contributed by atoms with Gasteiger partial charge in [-0.25, -0.2) is 4.79 Å². The van der Waals surface area contributed by atoms with E-state index in [0.29, 0.717) is 22.7 Å². The van der Waals surface area contributed by atoms with Crippen LogP contribution in [0.2, 0.25) is 0 Å². The molecule has 0 saturated heterocycles. The Bertz CT molecular complexity index is 679. The minimum Gasteiger partial charge on any atom is -0.479 e. The molecule has 8 heteroatoms. The van der Waals surface area contributed by atoms with Crippen molar-refractivity contribution in [2.24, 2.45) is 0 Å². The van der Waals surface area contributed by atoms with E-state index < -0.39 is 11.5 Å². The molecule has 0 aliphatic heterocycles. The Morgan fingerprint density at radius 1 is 1.38 bits per heavy atom. The number of aryl methyl sites for hydroxylation is 2. The summed E-state index contributed by atoms with van der Waals surface area (Å²) in [5, 5.41) is 19.5. The number of hydrogen-bond acceptors (Lipinski definition) is 5. The monoisotopic (exact) mass is 292 g/mol. The van der Waals surface area contributed by atoms with Crippen molar-refractivity contribution >= 4 is 17.6 Å². The van der Waals surface area contributed by atoms with Crippen LogP contribution in [0.15, 0.2) is 16.9 Å². The number of rotatable bonds is 4. The Balaban J connectivity index is 2.21. The molecule has 0 aromatic carbocycles. The summed E-state index contributed by atoms with van der Waals surface area (Å²) in [5.74, 6) is -0.976. The van der Waals surface area contributed by atoms with E-state index in [2.05, 4.69) is 15.6 Å². The van der Waals surface area contributed by atoms with Crippen LogP contribution in [0, 0.1) is 13.8 Å². The molecule has 0 saturated carbocycles. The van der Waals surface area contributed by atoms with Gasteiger partial charge in [0, 0.05) is 6.20 Å². The molecule has 0 fully saturated rings. The highest BCUT2D eigenvalue weighted by Crippen LogP contribution is 2.19. The topological polar surface area (TPSA) is 110 Å². The van der Waals surface area contributed by atoms with Crippen LogP contribution in [-0.2, 0) is 10.3 Å². The van der Waals surface area contributed by atoms with Gasteiger partial charge in [0.15, 0.2) is 5.54 Å². The minimum atomic E-state index is -1.20. The first-order valence-electron chi connectivity index (χ1n) is 6.26.